The Bertz CT molecular complexity index is 558. The van der Waals surface area contributed by atoms with Gasteiger partial charge in [0.1, 0.15) is 0 Å². The van der Waals surface area contributed by atoms with Gasteiger partial charge in [-0.2, -0.15) is 13.2 Å². The summed E-state index contributed by atoms with van der Waals surface area (Å²) >= 11 is 0. The lowest BCUT2D eigenvalue weighted by Crippen LogP contribution is -2.61. The summed E-state index contributed by atoms with van der Waals surface area (Å²) < 4.78 is 48.4. The molecule has 1 aliphatic rings. The molecule has 0 saturated carbocycles. The summed E-state index contributed by atoms with van der Waals surface area (Å²) in [6, 6.07) is 4.22. The lowest BCUT2D eigenvalue weighted by molar-refractivity contribution is -0.187. The summed E-state index contributed by atoms with van der Waals surface area (Å²) in [6.45, 7) is 2.28. The van der Waals surface area contributed by atoms with E-state index in [1.165, 1.54) is 0 Å². The molecule has 1 aliphatic heterocycles. The van der Waals surface area contributed by atoms with E-state index in [9.17, 15) is 18.0 Å². The molecule has 0 saturated heterocycles. The third kappa shape index (κ3) is 2.90. The number of amides is 1. The Labute approximate surface area is 119 Å². The van der Waals surface area contributed by atoms with Crippen LogP contribution in [-0.2, 0) is 4.79 Å². The van der Waals surface area contributed by atoms with Crippen LogP contribution in [0.3, 0.4) is 0 Å². The standard InChI is InChI=1S/C13H15F3N2O3/c1-7(18-11(19)12(2,17)13(14,15)16)8-3-4-9-10(5-8)21-6-20-9/h3-5,7H,6,17H2,1-2H3,(H,18,19). The van der Waals surface area contributed by atoms with E-state index in [4.69, 9.17) is 15.2 Å². The van der Waals surface area contributed by atoms with Crippen molar-refractivity contribution in [2.24, 2.45) is 5.73 Å². The number of alkyl halides is 3. The first-order valence-electron chi connectivity index (χ1n) is 6.19. The van der Waals surface area contributed by atoms with Crippen molar-refractivity contribution in [1.29, 1.82) is 0 Å². The van der Waals surface area contributed by atoms with Gasteiger partial charge in [0.15, 0.2) is 17.0 Å². The molecule has 1 aromatic rings. The largest absolute Gasteiger partial charge is 0.454 e. The first-order valence-corrected chi connectivity index (χ1v) is 6.19. The molecule has 116 valence electrons. The molecule has 1 aromatic carbocycles. The predicted octanol–water partition coefficient (Wildman–Crippen LogP) is 1.87. The Morgan fingerprint density at radius 3 is 2.57 bits per heavy atom. The van der Waals surface area contributed by atoms with Crippen molar-refractivity contribution in [3.05, 3.63) is 23.8 Å². The molecule has 5 nitrogen and oxygen atoms in total. The number of benzene rings is 1. The highest BCUT2D eigenvalue weighted by Crippen LogP contribution is 2.34. The van der Waals surface area contributed by atoms with Gasteiger partial charge in [-0.05, 0) is 31.5 Å². The van der Waals surface area contributed by atoms with E-state index in [2.05, 4.69) is 5.32 Å². The molecule has 2 rings (SSSR count). The maximum absolute atomic E-state index is 12.7. The van der Waals surface area contributed by atoms with E-state index in [-0.39, 0.29) is 6.79 Å². The van der Waals surface area contributed by atoms with Crippen LogP contribution in [0.15, 0.2) is 18.2 Å². The monoisotopic (exact) mass is 304 g/mol. The van der Waals surface area contributed by atoms with Crippen LogP contribution in [0.5, 0.6) is 11.5 Å². The Kier molecular flexibility index (Phi) is 3.75. The van der Waals surface area contributed by atoms with E-state index in [0.717, 1.165) is 0 Å². The number of carbonyl (C=O) groups excluding carboxylic acids is 1. The Balaban J connectivity index is 2.11. The molecular formula is C13H15F3N2O3. The first-order chi connectivity index (χ1) is 9.63. The van der Waals surface area contributed by atoms with Crippen LogP contribution < -0.4 is 20.5 Å². The zero-order chi connectivity index (χ0) is 15.8. The van der Waals surface area contributed by atoms with Crippen LogP contribution in [0.2, 0.25) is 0 Å². The molecule has 3 N–H and O–H groups in total. The molecule has 2 unspecified atom stereocenters. The molecule has 0 aromatic heterocycles. The predicted molar refractivity (Wildman–Crippen MR) is 67.8 cm³/mol. The second-order valence-corrected chi connectivity index (χ2v) is 5.01. The van der Waals surface area contributed by atoms with Crippen LogP contribution in [0.25, 0.3) is 0 Å². The molecule has 1 heterocycles. The quantitative estimate of drug-likeness (QED) is 0.894. The lowest BCUT2D eigenvalue weighted by Gasteiger charge is -2.28. The third-order valence-electron chi connectivity index (χ3n) is 3.30. The number of carbonyl (C=O) groups is 1. The number of halogens is 3. The minimum atomic E-state index is -4.83. The second-order valence-electron chi connectivity index (χ2n) is 5.01. The zero-order valence-electron chi connectivity index (χ0n) is 11.5. The Morgan fingerprint density at radius 1 is 1.33 bits per heavy atom. The fourth-order valence-electron chi connectivity index (χ4n) is 1.74. The molecule has 0 spiro atoms. The SMILES string of the molecule is CC(NC(=O)C(C)(N)C(F)(F)F)c1ccc2c(c1)OCO2. The highest BCUT2D eigenvalue weighted by atomic mass is 19.4. The molecule has 0 aliphatic carbocycles. The molecule has 0 bridgehead atoms. The van der Waals surface area contributed by atoms with E-state index < -0.39 is 23.7 Å². The van der Waals surface area contributed by atoms with Gasteiger partial charge in [-0.15, -0.1) is 0 Å². The smallest absolute Gasteiger partial charge is 0.415 e. The van der Waals surface area contributed by atoms with Crippen LogP contribution in [-0.4, -0.2) is 24.4 Å². The molecule has 2 atom stereocenters. The van der Waals surface area contributed by atoms with Crippen LogP contribution in [0.4, 0.5) is 13.2 Å². The van der Waals surface area contributed by atoms with Crippen molar-refractivity contribution < 1.29 is 27.4 Å². The normalized spacial score (nSPS) is 18.0. The number of ether oxygens (including phenoxy) is 2. The Morgan fingerprint density at radius 2 is 1.95 bits per heavy atom. The van der Waals surface area contributed by atoms with Crippen molar-refractivity contribution in [3.8, 4) is 11.5 Å². The van der Waals surface area contributed by atoms with Gasteiger partial charge in [-0.1, -0.05) is 6.07 Å². The molecule has 8 heteroatoms. The van der Waals surface area contributed by atoms with Crippen molar-refractivity contribution in [2.75, 3.05) is 6.79 Å². The second kappa shape index (κ2) is 5.10. The van der Waals surface area contributed by atoms with Gasteiger partial charge in [0.2, 0.25) is 12.7 Å². The van der Waals surface area contributed by atoms with Gasteiger partial charge in [-0.25, -0.2) is 0 Å². The highest BCUT2D eigenvalue weighted by Gasteiger charge is 2.54. The van der Waals surface area contributed by atoms with E-state index in [1.54, 1.807) is 25.1 Å². The number of nitrogens with one attached hydrogen (secondary N) is 1. The van der Waals surface area contributed by atoms with Crippen molar-refractivity contribution >= 4 is 5.91 Å². The fraction of sp³-hybridized carbons (Fsp3) is 0.462. The van der Waals surface area contributed by atoms with Crippen molar-refractivity contribution in [1.82, 2.24) is 5.32 Å². The summed E-state index contributed by atoms with van der Waals surface area (Å²) in [7, 11) is 0. The fourth-order valence-corrected chi connectivity index (χ4v) is 1.74. The number of nitrogens with two attached hydrogens (primary N) is 1. The summed E-state index contributed by atoms with van der Waals surface area (Å²) in [5, 5.41) is 2.25. The topological polar surface area (TPSA) is 73.6 Å². The zero-order valence-corrected chi connectivity index (χ0v) is 11.5. The molecule has 0 radical (unpaired) electrons. The third-order valence-corrected chi connectivity index (χ3v) is 3.30. The van der Waals surface area contributed by atoms with Crippen molar-refractivity contribution in [3.63, 3.8) is 0 Å². The summed E-state index contributed by atoms with van der Waals surface area (Å²) in [4.78, 5) is 11.7. The van der Waals surface area contributed by atoms with Crippen LogP contribution in [0.1, 0.15) is 25.5 Å². The minimum absolute atomic E-state index is 0.0917. The molecule has 0 fully saturated rings. The summed E-state index contributed by atoms with van der Waals surface area (Å²) in [6.07, 6.45) is -4.83. The number of fused-ring (bicyclic) bond motifs is 1. The lowest BCUT2D eigenvalue weighted by atomic mass is 10.0. The molecular weight excluding hydrogens is 289 g/mol. The summed E-state index contributed by atoms with van der Waals surface area (Å²) in [5.74, 6) is -0.253. The van der Waals surface area contributed by atoms with Gasteiger partial charge in [0.25, 0.3) is 0 Å². The first kappa shape index (κ1) is 15.4. The molecule has 1 amide bonds. The number of rotatable bonds is 3. The number of hydrogen-bond acceptors (Lipinski definition) is 4. The van der Waals surface area contributed by atoms with E-state index >= 15 is 0 Å². The van der Waals surface area contributed by atoms with Gasteiger partial charge in [0.05, 0.1) is 6.04 Å². The number of hydrogen-bond donors (Lipinski definition) is 2. The average Bonchev–Trinajstić information content (AvgIpc) is 2.84. The summed E-state index contributed by atoms with van der Waals surface area (Å²) in [5.41, 5.74) is 2.71. The van der Waals surface area contributed by atoms with Crippen LogP contribution >= 0.6 is 0 Å². The highest BCUT2D eigenvalue weighted by molar-refractivity contribution is 5.87. The maximum atomic E-state index is 12.7. The van der Waals surface area contributed by atoms with Crippen LogP contribution in [0, 0.1) is 0 Å². The van der Waals surface area contributed by atoms with Crippen molar-refractivity contribution in [2.45, 2.75) is 31.6 Å². The van der Waals surface area contributed by atoms with E-state index in [0.29, 0.717) is 24.0 Å². The minimum Gasteiger partial charge on any atom is -0.454 e. The van der Waals surface area contributed by atoms with Gasteiger partial charge >= 0.3 is 6.18 Å². The Hall–Kier alpha value is -1.96. The average molecular weight is 304 g/mol. The molecule has 21 heavy (non-hydrogen) atoms. The van der Waals surface area contributed by atoms with Gasteiger partial charge in [0, 0.05) is 0 Å². The van der Waals surface area contributed by atoms with E-state index in [1.807, 2.05) is 0 Å². The van der Waals surface area contributed by atoms with Gasteiger partial charge in [-0.3, -0.25) is 4.79 Å². The maximum Gasteiger partial charge on any atom is 0.415 e. The van der Waals surface area contributed by atoms with Gasteiger partial charge < -0.3 is 20.5 Å².